The van der Waals surface area contributed by atoms with E-state index in [-0.39, 0.29) is 12.0 Å². The summed E-state index contributed by atoms with van der Waals surface area (Å²) in [5.41, 5.74) is 3.14. The first-order valence-corrected chi connectivity index (χ1v) is 7.40. The number of fused-ring (bicyclic) bond motifs is 1. The van der Waals surface area contributed by atoms with E-state index >= 15 is 0 Å². The Morgan fingerprint density at radius 2 is 2.25 bits per heavy atom. The number of nitrogens with zero attached hydrogens (tertiary/aromatic N) is 1. The van der Waals surface area contributed by atoms with E-state index in [9.17, 15) is 4.79 Å². The highest BCUT2D eigenvalue weighted by atomic mass is 32.1. The van der Waals surface area contributed by atoms with Gasteiger partial charge in [0.15, 0.2) is 10.8 Å². The van der Waals surface area contributed by atoms with Crippen LogP contribution < -0.4 is 5.32 Å². The van der Waals surface area contributed by atoms with Crippen LogP contribution in [0.1, 0.15) is 39.0 Å². The van der Waals surface area contributed by atoms with Gasteiger partial charge in [-0.1, -0.05) is 24.3 Å². The summed E-state index contributed by atoms with van der Waals surface area (Å²) in [4.78, 5) is 16.8. The molecule has 1 aliphatic carbocycles. The normalized spacial score (nSPS) is 16.8. The molecule has 0 aliphatic heterocycles. The molecule has 0 fully saturated rings. The van der Waals surface area contributed by atoms with Crippen LogP contribution in [0.2, 0.25) is 0 Å². The predicted octanol–water partition coefficient (Wildman–Crippen LogP) is 3.34. The summed E-state index contributed by atoms with van der Waals surface area (Å²) in [6, 6.07) is 8.74. The molecule has 4 nitrogen and oxygen atoms in total. The van der Waals surface area contributed by atoms with Crippen molar-refractivity contribution in [3.8, 4) is 0 Å². The molecule has 20 heavy (non-hydrogen) atoms. The lowest BCUT2D eigenvalue weighted by Crippen LogP contribution is -2.08. The van der Waals surface area contributed by atoms with E-state index in [1.165, 1.54) is 29.6 Å². The third kappa shape index (κ3) is 2.29. The van der Waals surface area contributed by atoms with Gasteiger partial charge >= 0.3 is 5.97 Å². The number of aromatic nitrogens is 1. The fourth-order valence-electron chi connectivity index (χ4n) is 2.60. The second-order valence-electron chi connectivity index (χ2n) is 4.85. The summed E-state index contributed by atoms with van der Waals surface area (Å²) in [7, 11) is 1.38. The summed E-state index contributed by atoms with van der Waals surface area (Å²) in [5, 5.41) is 4.22. The number of hydrogen-bond acceptors (Lipinski definition) is 5. The number of rotatable bonds is 3. The first-order chi connectivity index (χ1) is 9.69. The molecule has 1 aliphatic rings. The Balaban J connectivity index is 1.81. The van der Waals surface area contributed by atoms with E-state index in [1.54, 1.807) is 0 Å². The van der Waals surface area contributed by atoms with E-state index in [0.29, 0.717) is 5.69 Å². The predicted molar refractivity (Wildman–Crippen MR) is 79.3 cm³/mol. The van der Waals surface area contributed by atoms with Gasteiger partial charge in [-0.05, 0) is 30.9 Å². The van der Waals surface area contributed by atoms with Crippen LogP contribution in [0.3, 0.4) is 0 Å². The lowest BCUT2D eigenvalue weighted by molar-refractivity contribution is 0.0594. The van der Waals surface area contributed by atoms with Crippen LogP contribution in [-0.4, -0.2) is 18.1 Å². The fraction of sp³-hybridized carbons (Fsp3) is 0.333. The van der Waals surface area contributed by atoms with Crippen LogP contribution in [0.4, 0.5) is 5.13 Å². The molecular weight excluding hydrogens is 272 g/mol. The fourth-order valence-corrected chi connectivity index (χ4v) is 3.45. The summed E-state index contributed by atoms with van der Waals surface area (Å²) in [6.45, 7) is 1.89. The Bertz CT molecular complexity index is 651. The Morgan fingerprint density at radius 3 is 3.05 bits per heavy atom. The Labute approximate surface area is 121 Å². The van der Waals surface area contributed by atoms with Crippen molar-refractivity contribution in [1.29, 1.82) is 0 Å². The average Bonchev–Trinajstić information content (AvgIpc) is 3.03. The average molecular weight is 288 g/mol. The lowest BCUT2D eigenvalue weighted by Gasteiger charge is -2.12. The minimum absolute atomic E-state index is 0.280. The van der Waals surface area contributed by atoms with Gasteiger partial charge in [0.1, 0.15) is 0 Å². The van der Waals surface area contributed by atoms with Crippen molar-refractivity contribution in [2.75, 3.05) is 12.4 Å². The Kier molecular flexibility index (Phi) is 3.44. The summed E-state index contributed by atoms with van der Waals surface area (Å²) >= 11 is 1.50. The number of methoxy groups -OCH3 is 1. The highest BCUT2D eigenvalue weighted by Crippen LogP contribution is 2.35. The highest BCUT2D eigenvalue weighted by molar-refractivity contribution is 7.15. The topological polar surface area (TPSA) is 51.2 Å². The first kappa shape index (κ1) is 13.1. The van der Waals surface area contributed by atoms with Crippen LogP contribution >= 0.6 is 11.3 Å². The van der Waals surface area contributed by atoms with Crippen molar-refractivity contribution in [1.82, 2.24) is 4.98 Å². The number of benzene rings is 1. The maximum absolute atomic E-state index is 11.6. The third-order valence-corrected chi connectivity index (χ3v) is 4.51. The first-order valence-electron chi connectivity index (χ1n) is 6.59. The molecule has 0 spiro atoms. The van der Waals surface area contributed by atoms with E-state index in [0.717, 1.165) is 22.9 Å². The van der Waals surface area contributed by atoms with Gasteiger partial charge in [0.2, 0.25) is 0 Å². The maximum atomic E-state index is 11.6. The zero-order valence-corrected chi connectivity index (χ0v) is 12.3. The largest absolute Gasteiger partial charge is 0.464 e. The second-order valence-corrected chi connectivity index (χ2v) is 6.05. The number of carbonyl (C=O) groups excluding carboxylic acids is 1. The molecule has 0 saturated heterocycles. The van der Waals surface area contributed by atoms with Crippen molar-refractivity contribution in [3.05, 3.63) is 46.0 Å². The number of thiazole rings is 1. The van der Waals surface area contributed by atoms with Gasteiger partial charge in [-0.3, -0.25) is 0 Å². The van der Waals surface area contributed by atoms with E-state index in [2.05, 4.69) is 34.6 Å². The molecule has 0 amide bonds. The minimum Gasteiger partial charge on any atom is -0.464 e. The van der Waals surface area contributed by atoms with Crippen molar-refractivity contribution in [2.45, 2.75) is 25.8 Å². The van der Waals surface area contributed by atoms with E-state index < -0.39 is 0 Å². The number of aryl methyl sites for hydroxylation is 2. The molecule has 1 atom stereocenters. The van der Waals surface area contributed by atoms with Crippen LogP contribution in [0.15, 0.2) is 24.3 Å². The Hall–Kier alpha value is -1.88. The molecule has 104 valence electrons. The van der Waals surface area contributed by atoms with Crippen molar-refractivity contribution in [2.24, 2.45) is 0 Å². The third-order valence-electron chi connectivity index (χ3n) is 3.61. The van der Waals surface area contributed by atoms with Gasteiger partial charge in [0, 0.05) is 4.88 Å². The molecule has 0 radical (unpaired) electrons. The molecule has 0 saturated carbocycles. The molecule has 1 aromatic carbocycles. The molecular formula is C15H16N2O2S. The quantitative estimate of drug-likeness (QED) is 0.880. The van der Waals surface area contributed by atoms with Gasteiger partial charge in [-0.25, -0.2) is 9.78 Å². The van der Waals surface area contributed by atoms with Crippen molar-refractivity contribution >= 4 is 22.4 Å². The standard InChI is InChI=1S/C15H16N2O2S/c1-9-13(14(18)19-2)17-15(20-9)16-12-8-7-10-5-3-4-6-11(10)12/h3-6,12H,7-8H2,1-2H3,(H,16,17). The van der Waals surface area contributed by atoms with Crippen LogP contribution in [0, 0.1) is 6.92 Å². The molecule has 1 heterocycles. The van der Waals surface area contributed by atoms with Gasteiger partial charge in [0.25, 0.3) is 0 Å². The zero-order chi connectivity index (χ0) is 14.1. The number of hydrogen-bond donors (Lipinski definition) is 1. The van der Waals surface area contributed by atoms with Crippen LogP contribution in [0.5, 0.6) is 0 Å². The SMILES string of the molecule is COC(=O)c1nc(NC2CCc3ccccc32)sc1C. The second kappa shape index (κ2) is 5.25. The number of nitrogens with one attached hydrogen (secondary N) is 1. The minimum atomic E-state index is -0.376. The molecule has 5 heteroatoms. The molecule has 1 unspecified atom stereocenters. The molecule has 1 aromatic heterocycles. The molecule has 0 bridgehead atoms. The summed E-state index contributed by atoms with van der Waals surface area (Å²) < 4.78 is 4.73. The zero-order valence-electron chi connectivity index (χ0n) is 11.5. The van der Waals surface area contributed by atoms with Gasteiger partial charge < -0.3 is 10.1 Å². The lowest BCUT2D eigenvalue weighted by atomic mass is 10.1. The number of esters is 1. The summed E-state index contributed by atoms with van der Waals surface area (Å²) in [5.74, 6) is -0.376. The van der Waals surface area contributed by atoms with Gasteiger partial charge in [-0.2, -0.15) is 0 Å². The Morgan fingerprint density at radius 1 is 1.45 bits per heavy atom. The van der Waals surface area contributed by atoms with Crippen LogP contribution in [-0.2, 0) is 11.2 Å². The van der Waals surface area contributed by atoms with Crippen LogP contribution in [0.25, 0.3) is 0 Å². The van der Waals surface area contributed by atoms with E-state index in [4.69, 9.17) is 4.74 Å². The number of ether oxygens (including phenoxy) is 1. The number of anilines is 1. The smallest absolute Gasteiger partial charge is 0.357 e. The maximum Gasteiger partial charge on any atom is 0.357 e. The summed E-state index contributed by atoms with van der Waals surface area (Å²) in [6.07, 6.45) is 2.15. The number of carbonyl (C=O) groups is 1. The molecule has 3 rings (SSSR count). The molecule has 2 aromatic rings. The van der Waals surface area contributed by atoms with E-state index in [1.807, 2.05) is 6.92 Å². The molecule has 1 N–H and O–H groups in total. The van der Waals surface area contributed by atoms with Crippen molar-refractivity contribution in [3.63, 3.8) is 0 Å². The van der Waals surface area contributed by atoms with Gasteiger partial charge in [0.05, 0.1) is 13.2 Å². The van der Waals surface area contributed by atoms with Crippen molar-refractivity contribution < 1.29 is 9.53 Å². The van der Waals surface area contributed by atoms with Gasteiger partial charge in [-0.15, -0.1) is 11.3 Å². The highest BCUT2D eigenvalue weighted by Gasteiger charge is 2.24. The monoisotopic (exact) mass is 288 g/mol.